The van der Waals surface area contributed by atoms with Gasteiger partial charge in [0, 0.05) is 25.2 Å². The highest BCUT2D eigenvalue weighted by Crippen LogP contribution is 2.58. The van der Waals surface area contributed by atoms with Gasteiger partial charge in [-0.1, -0.05) is 19.9 Å². The zero-order valence-electron chi connectivity index (χ0n) is 13.2. The Kier molecular flexibility index (Phi) is 5.29. The fraction of sp³-hybridized carbons (Fsp3) is 0.588. The van der Waals surface area contributed by atoms with Crippen molar-refractivity contribution < 1.29 is 23.0 Å². The van der Waals surface area contributed by atoms with Crippen LogP contribution in [0.4, 0.5) is 8.78 Å². The van der Waals surface area contributed by atoms with E-state index in [0.29, 0.717) is 19.3 Å². The van der Waals surface area contributed by atoms with Crippen molar-refractivity contribution in [3.63, 3.8) is 0 Å². The minimum Gasteiger partial charge on any atom is -0.359 e. The molecule has 3 nitrogen and oxygen atoms in total. The molecule has 1 aromatic carbocycles. The molecule has 1 unspecified atom stereocenters. The summed E-state index contributed by atoms with van der Waals surface area (Å²) in [5.74, 6) is -1.03. The van der Waals surface area contributed by atoms with Crippen molar-refractivity contribution in [3.05, 3.63) is 35.4 Å². The standard InChI is InChI=1S/C17H22F2O3/c1-11(2)8-15(20)17(6-7-17)16(22-10-21-3)13-5-4-12(18)9-14(13)19/h4-5,9,11,16H,6-8,10H2,1-3H3. The molecule has 0 spiro atoms. The number of benzene rings is 1. The first-order valence-corrected chi connectivity index (χ1v) is 7.49. The van der Waals surface area contributed by atoms with Crippen LogP contribution in [-0.2, 0) is 14.3 Å². The summed E-state index contributed by atoms with van der Waals surface area (Å²) >= 11 is 0. The molecule has 0 saturated heterocycles. The lowest BCUT2D eigenvalue weighted by Gasteiger charge is -2.27. The van der Waals surface area contributed by atoms with Gasteiger partial charge in [0.25, 0.3) is 0 Å². The molecule has 22 heavy (non-hydrogen) atoms. The number of hydrogen-bond acceptors (Lipinski definition) is 3. The maximum absolute atomic E-state index is 14.1. The Morgan fingerprint density at radius 1 is 1.32 bits per heavy atom. The van der Waals surface area contributed by atoms with Crippen molar-refractivity contribution in [3.8, 4) is 0 Å². The van der Waals surface area contributed by atoms with Crippen LogP contribution in [0.25, 0.3) is 0 Å². The van der Waals surface area contributed by atoms with Crippen LogP contribution in [0.15, 0.2) is 18.2 Å². The largest absolute Gasteiger partial charge is 0.359 e. The molecule has 5 heteroatoms. The van der Waals surface area contributed by atoms with Crippen LogP contribution in [0.3, 0.4) is 0 Å². The highest BCUT2D eigenvalue weighted by Gasteiger charge is 2.56. The molecule has 1 aliphatic carbocycles. The first-order valence-electron chi connectivity index (χ1n) is 7.49. The van der Waals surface area contributed by atoms with E-state index in [9.17, 15) is 13.6 Å². The fourth-order valence-electron chi connectivity index (χ4n) is 2.79. The number of ether oxygens (including phenoxy) is 2. The van der Waals surface area contributed by atoms with Crippen LogP contribution in [-0.4, -0.2) is 19.7 Å². The third-order valence-corrected chi connectivity index (χ3v) is 4.04. The average Bonchev–Trinajstić information content (AvgIpc) is 3.22. The van der Waals surface area contributed by atoms with Crippen LogP contribution in [0.5, 0.6) is 0 Å². The minimum absolute atomic E-state index is 0.0435. The van der Waals surface area contributed by atoms with Crippen molar-refractivity contribution in [2.24, 2.45) is 11.3 Å². The summed E-state index contributed by atoms with van der Waals surface area (Å²) in [6.07, 6.45) is 1.00. The lowest BCUT2D eigenvalue weighted by molar-refractivity contribution is -0.140. The number of carbonyl (C=O) groups is 1. The first-order chi connectivity index (χ1) is 10.4. The third-order valence-electron chi connectivity index (χ3n) is 4.04. The van der Waals surface area contributed by atoms with Gasteiger partial charge in [0.2, 0.25) is 0 Å². The number of ketones is 1. The van der Waals surface area contributed by atoms with E-state index in [2.05, 4.69) is 0 Å². The second-order valence-corrected chi connectivity index (χ2v) is 6.30. The van der Waals surface area contributed by atoms with Crippen LogP contribution in [0.1, 0.15) is 44.8 Å². The third kappa shape index (κ3) is 3.52. The summed E-state index contributed by atoms with van der Waals surface area (Å²) in [5.41, 5.74) is -0.491. The summed E-state index contributed by atoms with van der Waals surface area (Å²) in [4.78, 5) is 12.6. The highest BCUT2D eigenvalue weighted by molar-refractivity contribution is 5.88. The van der Waals surface area contributed by atoms with Crippen molar-refractivity contribution >= 4 is 5.78 Å². The van der Waals surface area contributed by atoms with Crippen molar-refractivity contribution in [2.75, 3.05) is 13.9 Å². The van der Waals surface area contributed by atoms with Gasteiger partial charge >= 0.3 is 0 Å². The van der Waals surface area contributed by atoms with E-state index >= 15 is 0 Å². The molecule has 1 aliphatic rings. The summed E-state index contributed by atoms with van der Waals surface area (Å²) in [6, 6.07) is 3.36. The molecule has 0 amide bonds. The van der Waals surface area contributed by atoms with Crippen LogP contribution in [0.2, 0.25) is 0 Å². The Hall–Kier alpha value is -1.33. The predicted molar refractivity (Wildman–Crippen MR) is 78.2 cm³/mol. The van der Waals surface area contributed by atoms with Crippen LogP contribution < -0.4 is 0 Å². The second kappa shape index (κ2) is 6.84. The monoisotopic (exact) mass is 312 g/mol. The second-order valence-electron chi connectivity index (χ2n) is 6.30. The molecule has 1 aromatic rings. The fourth-order valence-corrected chi connectivity index (χ4v) is 2.79. The zero-order chi connectivity index (χ0) is 16.3. The molecule has 0 aliphatic heterocycles. The number of carbonyl (C=O) groups excluding carboxylic acids is 1. The van der Waals surface area contributed by atoms with Gasteiger partial charge in [-0.3, -0.25) is 4.79 Å². The Morgan fingerprint density at radius 3 is 2.50 bits per heavy atom. The molecule has 1 atom stereocenters. The van der Waals surface area contributed by atoms with E-state index < -0.39 is 23.2 Å². The smallest absolute Gasteiger partial charge is 0.147 e. The van der Waals surface area contributed by atoms with Crippen molar-refractivity contribution in [2.45, 2.75) is 39.2 Å². The molecule has 122 valence electrons. The molecule has 0 heterocycles. The molecule has 0 N–H and O–H groups in total. The quantitative estimate of drug-likeness (QED) is 0.680. The zero-order valence-corrected chi connectivity index (χ0v) is 13.2. The molecule has 0 radical (unpaired) electrons. The SMILES string of the molecule is COCOC(c1ccc(F)cc1F)C1(C(=O)CC(C)C)CC1. The van der Waals surface area contributed by atoms with Gasteiger partial charge in [-0.05, 0) is 24.8 Å². The molecule has 2 rings (SSSR count). The number of Topliss-reactive ketones (excluding diaryl/α,β-unsaturated/α-hetero) is 1. The molecule has 0 bridgehead atoms. The molecule has 0 aromatic heterocycles. The van der Waals surface area contributed by atoms with Gasteiger partial charge in [0.05, 0.1) is 5.41 Å². The topological polar surface area (TPSA) is 35.5 Å². The van der Waals surface area contributed by atoms with Gasteiger partial charge < -0.3 is 9.47 Å². The number of rotatable bonds is 8. The molecule has 1 fully saturated rings. The van der Waals surface area contributed by atoms with E-state index in [4.69, 9.17) is 9.47 Å². The van der Waals surface area contributed by atoms with E-state index in [0.717, 1.165) is 6.07 Å². The molecule has 1 saturated carbocycles. The first kappa shape index (κ1) is 17.0. The Labute approximate surface area is 129 Å². The number of halogens is 2. The summed E-state index contributed by atoms with van der Waals surface area (Å²) in [7, 11) is 1.47. The predicted octanol–water partition coefficient (Wildman–Crippen LogP) is 4.02. The lowest BCUT2D eigenvalue weighted by atomic mass is 9.85. The highest BCUT2D eigenvalue weighted by atomic mass is 19.1. The normalized spacial score (nSPS) is 17.5. The number of hydrogen-bond donors (Lipinski definition) is 0. The van der Waals surface area contributed by atoms with E-state index in [1.165, 1.54) is 19.2 Å². The number of methoxy groups -OCH3 is 1. The summed E-state index contributed by atoms with van der Waals surface area (Å²) < 4.78 is 37.8. The van der Waals surface area contributed by atoms with Gasteiger partial charge in [0.15, 0.2) is 0 Å². The maximum atomic E-state index is 14.1. The van der Waals surface area contributed by atoms with E-state index in [-0.39, 0.29) is 24.1 Å². The van der Waals surface area contributed by atoms with Gasteiger partial charge in [-0.25, -0.2) is 8.78 Å². The van der Waals surface area contributed by atoms with Crippen molar-refractivity contribution in [1.82, 2.24) is 0 Å². The summed E-state index contributed by atoms with van der Waals surface area (Å²) in [6.45, 7) is 3.90. The van der Waals surface area contributed by atoms with Crippen LogP contribution >= 0.6 is 0 Å². The molecular weight excluding hydrogens is 290 g/mol. The van der Waals surface area contributed by atoms with Crippen LogP contribution in [0, 0.1) is 23.0 Å². The average molecular weight is 312 g/mol. The van der Waals surface area contributed by atoms with Gasteiger partial charge in [-0.15, -0.1) is 0 Å². The molecular formula is C17H22F2O3. The lowest BCUT2D eigenvalue weighted by Crippen LogP contribution is -2.28. The Balaban J connectivity index is 2.31. The Bertz CT molecular complexity index is 539. The maximum Gasteiger partial charge on any atom is 0.147 e. The minimum atomic E-state index is -0.737. The van der Waals surface area contributed by atoms with Gasteiger partial charge in [0.1, 0.15) is 30.3 Å². The van der Waals surface area contributed by atoms with Gasteiger partial charge in [-0.2, -0.15) is 0 Å². The Morgan fingerprint density at radius 2 is 2.00 bits per heavy atom. The summed E-state index contributed by atoms with van der Waals surface area (Å²) in [5, 5.41) is 0. The van der Waals surface area contributed by atoms with Crippen molar-refractivity contribution in [1.29, 1.82) is 0 Å². The van der Waals surface area contributed by atoms with E-state index in [1.807, 2.05) is 13.8 Å². The van der Waals surface area contributed by atoms with E-state index in [1.54, 1.807) is 0 Å².